The largest absolute Gasteiger partial charge is 0.452 e. The van der Waals surface area contributed by atoms with E-state index in [1.165, 1.54) is 17.9 Å². The average Bonchev–Trinajstić information content (AvgIpc) is 3.28. The van der Waals surface area contributed by atoms with Gasteiger partial charge in [-0.15, -0.1) is 0 Å². The summed E-state index contributed by atoms with van der Waals surface area (Å²) >= 11 is 5.86. The van der Waals surface area contributed by atoms with Crippen LogP contribution in [-0.4, -0.2) is 25.7 Å². The normalized spacial score (nSPS) is 11.1. The van der Waals surface area contributed by atoms with Gasteiger partial charge >= 0.3 is 5.97 Å². The summed E-state index contributed by atoms with van der Waals surface area (Å²) in [5, 5.41) is 4.50. The first kappa shape index (κ1) is 17.9. The van der Waals surface area contributed by atoms with Gasteiger partial charge in [0.05, 0.1) is 0 Å². The number of nitrogens with zero attached hydrogens (tertiary/aromatic N) is 4. The van der Waals surface area contributed by atoms with Gasteiger partial charge in [-0.25, -0.2) is 9.78 Å². The van der Waals surface area contributed by atoms with Crippen molar-refractivity contribution in [2.45, 2.75) is 13.5 Å². The van der Waals surface area contributed by atoms with Gasteiger partial charge in [0.25, 0.3) is 11.4 Å². The van der Waals surface area contributed by atoms with Gasteiger partial charge in [0.15, 0.2) is 6.61 Å². The Morgan fingerprint density at radius 1 is 1.29 bits per heavy atom. The number of esters is 1. The lowest BCUT2D eigenvalue weighted by molar-refractivity contribution is 0.0430. The summed E-state index contributed by atoms with van der Waals surface area (Å²) in [6.07, 6.45) is 1.32. The first-order valence-electron chi connectivity index (χ1n) is 8.14. The van der Waals surface area contributed by atoms with Gasteiger partial charge in [-0.1, -0.05) is 16.8 Å². The number of carbonyl (C=O) groups is 1. The number of halogens is 1. The van der Waals surface area contributed by atoms with Crippen LogP contribution in [0, 0.1) is 6.92 Å². The number of benzene rings is 1. The number of hydrogen-bond donors (Lipinski definition) is 0. The van der Waals surface area contributed by atoms with E-state index in [9.17, 15) is 9.59 Å². The standard InChI is InChI=1S/C18H13ClN4O5/c1-9-13(14-16(27-9)20-8-23(2)17(14)24)18(25)26-7-12-21-15(22-28-12)10-3-5-11(19)6-4-10/h3-6,8H,7H2,1-2H3. The van der Waals surface area contributed by atoms with Crippen molar-refractivity contribution in [1.82, 2.24) is 19.7 Å². The summed E-state index contributed by atoms with van der Waals surface area (Å²) in [5.74, 6) is -0.0590. The number of carbonyl (C=O) groups excluding carboxylic acids is 1. The van der Waals surface area contributed by atoms with Crippen LogP contribution in [0.5, 0.6) is 0 Å². The number of fused-ring (bicyclic) bond motifs is 1. The van der Waals surface area contributed by atoms with E-state index in [1.54, 1.807) is 31.2 Å². The van der Waals surface area contributed by atoms with Gasteiger partial charge in [0.2, 0.25) is 11.5 Å². The highest BCUT2D eigenvalue weighted by Gasteiger charge is 2.24. The molecule has 0 atom stereocenters. The molecule has 0 radical (unpaired) electrons. The minimum atomic E-state index is -0.743. The third-order valence-corrected chi connectivity index (χ3v) is 4.30. The van der Waals surface area contributed by atoms with E-state index < -0.39 is 11.5 Å². The molecule has 0 aliphatic heterocycles. The van der Waals surface area contributed by atoms with E-state index in [0.717, 1.165) is 0 Å². The first-order chi connectivity index (χ1) is 13.4. The van der Waals surface area contributed by atoms with Gasteiger partial charge < -0.3 is 18.2 Å². The summed E-state index contributed by atoms with van der Waals surface area (Å²) < 4.78 is 17.0. The number of aromatic nitrogens is 4. The topological polar surface area (TPSA) is 113 Å². The van der Waals surface area contributed by atoms with Crippen LogP contribution in [0.25, 0.3) is 22.5 Å². The highest BCUT2D eigenvalue weighted by molar-refractivity contribution is 6.30. The van der Waals surface area contributed by atoms with Crippen molar-refractivity contribution in [3.05, 3.63) is 63.2 Å². The smallest absolute Gasteiger partial charge is 0.343 e. The molecule has 0 aliphatic rings. The minimum Gasteiger partial charge on any atom is -0.452 e. The quantitative estimate of drug-likeness (QED) is 0.480. The van der Waals surface area contributed by atoms with E-state index in [4.69, 9.17) is 25.3 Å². The van der Waals surface area contributed by atoms with Crippen LogP contribution < -0.4 is 5.56 Å². The molecule has 142 valence electrons. The second kappa shape index (κ2) is 6.93. The number of hydrogen-bond acceptors (Lipinski definition) is 8. The van der Waals surface area contributed by atoms with E-state index in [0.29, 0.717) is 16.4 Å². The summed E-state index contributed by atoms with van der Waals surface area (Å²) in [4.78, 5) is 33.0. The average molecular weight is 401 g/mol. The Kier molecular flexibility index (Phi) is 4.44. The molecule has 1 aromatic carbocycles. The number of aryl methyl sites for hydroxylation is 2. The highest BCUT2D eigenvalue weighted by Crippen LogP contribution is 2.23. The molecule has 0 N–H and O–H groups in total. The lowest BCUT2D eigenvalue weighted by atomic mass is 10.2. The fourth-order valence-electron chi connectivity index (χ4n) is 2.66. The fourth-order valence-corrected chi connectivity index (χ4v) is 2.79. The molecular formula is C18H13ClN4O5. The Bertz CT molecular complexity index is 1240. The van der Waals surface area contributed by atoms with Gasteiger partial charge in [-0.05, 0) is 31.2 Å². The molecule has 0 amide bonds. The second-order valence-corrected chi connectivity index (χ2v) is 6.41. The van der Waals surface area contributed by atoms with Crippen LogP contribution in [0.4, 0.5) is 0 Å². The third kappa shape index (κ3) is 3.16. The lowest BCUT2D eigenvalue weighted by Crippen LogP contribution is -2.19. The molecule has 3 aromatic heterocycles. The fraction of sp³-hybridized carbons (Fsp3) is 0.167. The predicted octanol–water partition coefficient (Wildman–Crippen LogP) is 2.90. The van der Waals surface area contributed by atoms with Crippen LogP contribution in [0.2, 0.25) is 5.02 Å². The molecule has 0 fully saturated rings. The van der Waals surface area contributed by atoms with Crippen molar-refractivity contribution in [2.24, 2.45) is 7.05 Å². The molecule has 28 heavy (non-hydrogen) atoms. The molecule has 0 aliphatic carbocycles. The van der Waals surface area contributed by atoms with E-state index in [-0.39, 0.29) is 34.9 Å². The van der Waals surface area contributed by atoms with Crippen LogP contribution in [-0.2, 0) is 18.4 Å². The highest BCUT2D eigenvalue weighted by atomic mass is 35.5. The molecule has 0 bridgehead atoms. The van der Waals surface area contributed by atoms with Crippen molar-refractivity contribution >= 4 is 28.7 Å². The Labute approximate surface area is 162 Å². The molecule has 3 heterocycles. The maximum absolute atomic E-state index is 12.5. The molecule has 9 nitrogen and oxygen atoms in total. The van der Waals surface area contributed by atoms with Crippen molar-refractivity contribution in [1.29, 1.82) is 0 Å². The van der Waals surface area contributed by atoms with Gasteiger partial charge in [-0.3, -0.25) is 4.79 Å². The van der Waals surface area contributed by atoms with Crippen LogP contribution in [0.15, 0.2) is 44.3 Å². The Morgan fingerprint density at radius 2 is 2.04 bits per heavy atom. The SMILES string of the molecule is Cc1oc2ncn(C)c(=O)c2c1C(=O)OCc1nc(-c2ccc(Cl)cc2)no1. The summed E-state index contributed by atoms with van der Waals surface area (Å²) in [7, 11) is 1.53. The van der Waals surface area contributed by atoms with Crippen molar-refractivity contribution in [2.75, 3.05) is 0 Å². The van der Waals surface area contributed by atoms with Crippen LogP contribution in [0.3, 0.4) is 0 Å². The third-order valence-electron chi connectivity index (χ3n) is 4.05. The lowest BCUT2D eigenvalue weighted by Gasteiger charge is -2.01. The number of furan rings is 1. The second-order valence-electron chi connectivity index (χ2n) is 5.97. The Balaban J connectivity index is 1.55. The molecule has 10 heteroatoms. The monoisotopic (exact) mass is 400 g/mol. The molecule has 0 spiro atoms. The van der Waals surface area contributed by atoms with Crippen molar-refractivity contribution in [3.63, 3.8) is 0 Å². The molecule has 0 unspecified atom stereocenters. The number of rotatable bonds is 4. The summed E-state index contributed by atoms with van der Waals surface area (Å²) in [6, 6.07) is 6.89. The Hall–Kier alpha value is -3.46. The molecule has 0 saturated carbocycles. The van der Waals surface area contributed by atoms with Gasteiger partial charge in [0.1, 0.15) is 23.0 Å². The maximum atomic E-state index is 12.5. The summed E-state index contributed by atoms with van der Waals surface area (Å²) in [5.41, 5.74) is 0.407. The van der Waals surface area contributed by atoms with E-state index in [2.05, 4.69) is 15.1 Å². The predicted molar refractivity (Wildman–Crippen MR) is 97.9 cm³/mol. The number of ether oxygens (including phenoxy) is 1. The molecule has 0 saturated heterocycles. The molecule has 4 rings (SSSR count). The first-order valence-corrected chi connectivity index (χ1v) is 8.52. The van der Waals surface area contributed by atoms with Gasteiger partial charge in [-0.2, -0.15) is 4.98 Å². The van der Waals surface area contributed by atoms with Crippen LogP contribution >= 0.6 is 11.6 Å². The van der Waals surface area contributed by atoms with E-state index >= 15 is 0 Å². The Morgan fingerprint density at radius 3 is 2.79 bits per heavy atom. The molecule has 4 aromatic rings. The zero-order valence-electron chi connectivity index (χ0n) is 14.8. The van der Waals surface area contributed by atoms with Crippen LogP contribution in [0.1, 0.15) is 22.0 Å². The van der Waals surface area contributed by atoms with Crippen molar-refractivity contribution in [3.8, 4) is 11.4 Å². The maximum Gasteiger partial charge on any atom is 0.343 e. The van der Waals surface area contributed by atoms with E-state index in [1.807, 2.05) is 0 Å². The van der Waals surface area contributed by atoms with Gasteiger partial charge in [0, 0.05) is 17.6 Å². The zero-order valence-corrected chi connectivity index (χ0v) is 15.6. The molecular weight excluding hydrogens is 388 g/mol. The van der Waals surface area contributed by atoms with Crippen molar-refractivity contribution < 1.29 is 18.5 Å². The zero-order chi connectivity index (χ0) is 19.8. The minimum absolute atomic E-state index is 0.0288. The summed E-state index contributed by atoms with van der Waals surface area (Å²) in [6.45, 7) is 1.30.